The predicted molar refractivity (Wildman–Crippen MR) is 152 cm³/mol. The molecule has 10 nitrogen and oxygen atoms in total. The third-order valence-electron chi connectivity index (χ3n) is 7.21. The molecule has 0 saturated carbocycles. The molecule has 1 fully saturated rings. The third-order valence-corrected chi connectivity index (χ3v) is 7.44. The first kappa shape index (κ1) is 27.1. The molecule has 1 saturated heterocycles. The number of H-pyrrole nitrogens is 1. The topological polar surface area (TPSA) is 115 Å². The Hall–Kier alpha value is -3.50. The van der Waals surface area contributed by atoms with Crippen LogP contribution in [-0.4, -0.2) is 55.5 Å². The minimum atomic E-state index is -0.675. The number of benzene rings is 1. The number of aromatic nitrogens is 6. The van der Waals surface area contributed by atoms with Gasteiger partial charge in [-0.1, -0.05) is 49.6 Å². The number of nitrogens with zero attached hydrogens (tertiary/aromatic N) is 6. The summed E-state index contributed by atoms with van der Waals surface area (Å²) in [6, 6.07) is 7.78. The summed E-state index contributed by atoms with van der Waals surface area (Å²) in [7, 11) is 0. The van der Waals surface area contributed by atoms with Crippen molar-refractivity contribution in [2.75, 3.05) is 24.7 Å². The maximum atomic E-state index is 11.7. The van der Waals surface area contributed by atoms with Crippen molar-refractivity contribution in [3.05, 3.63) is 52.5 Å². The van der Waals surface area contributed by atoms with Crippen molar-refractivity contribution in [1.29, 1.82) is 0 Å². The van der Waals surface area contributed by atoms with Crippen molar-refractivity contribution in [1.82, 2.24) is 29.7 Å². The lowest BCUT2D eigenvalue weighted by Crippen LogP contribution is -2.45. The van der Waals surface area contributed by atoms with Gasteiger partial charge in [-0.3, -0.25) is 0 Å². The second-order valence-corrected chi connectivity index (χ2v) is 10.7. The van der Waals surface area contributed by atoms with E-state index in [-0.39, 0.29) is 23.8 Å². The Morgan fingerprint density at radius 2 is 2.10 bits per heavy atom. The Morgan fingerprint density at radius 3 is 2.82 bits per heavy atom. The SMILES string of the molecule is C=CC[C@H](C)CCCC(C)n1c(N2CCOC[C@H]2C)nc2nc(-c3n[nH]c(=O)o3)nc(-c3cccc(Cl)c3)c21. The quantitative estimate of drug-likeness (QED) is 0.251. The lowest BCUT2D eigenvalue weighted by atomic mass is 9.99. The van der Waals surface area contributed by atoms with Gasteiger partial charge in [-0.15, -0.1) is 11.7 Å². The number of morpholine rings is 1. The van der Waals surface area contributed by atoms with Gasteiger partial charge in [0.25, 0.3) is 5.89 Å². The van der Waals surface area contributed by atoms with Gasteiger partial charge < -0.3 is 18.6 Å². The van der Waals surface area contributed by atoms with Crippen LogP contribution >= 0.6 is 11.6 Å². The molecular weight excluding hydrogens is 518 g/mol. The molecule has 0 radical (unpaired) electrons. The molecular formula is C28H34ClN7O3. The van der Waals surface area contributed by atoms with Crippen molar-refractivity contribution in [3.63, 3.8) is 0 Å². The fraction of sp³-hybridized carbons (Fsp3) is 0.464. The maximum absolute atomic E-state index is 11.7. The van der Waals surface area contributed by atoms with Crippen LogP contribution in [0.4, 0.5) is 5.95 Å². The Labute approximate surface area is 232 Å². The standard InChI is InChI=1S/C28H34ClN7O3/c1-5-8-17(2)9-6-10-18(3)36-23-22(20-11-7-12-21(29)15-20)30-25(26-33-34-28(37)39-26)31-24(23)32-27(36)35-13-14-38-16-19(35)4/h5,7,11-12,15,17-19H,1,6,8-10,13-14,16H2,2-4H3,(H,34,37)/t17-,18?,19+/m0/s1. The zero-order valence-corrected chi connectivity index (χ0v) is 23.3. The summed E-state index contributed by atoms with van der Waals surface area (Å²) in [5.41, 5.74) is 2.76. The summed E-state index contributed by atoms with van der Waals surface area (Å²) in [5.74, 6) is 0.916. The molecule has 1 aliphatic heterocycles. The van der Waals surface area contributed by atoms with E-state index in [0.29, 0.717) is 42.0 Å². The molecule has 5 rings (SSSR count). The van der Waals surface area contributed by atoms with Crippen LogP contribution in [0.15, 0.2) is 46.1 Å². The van der Waals surface area contributed by atoms with Crippen LogP contribution in [0.5, 0.6) is 0 Å². The van der Waals surface area contributed by atoms with Crippen molar-refractivity contribution in [2.24, 2.45) is 5.92 Å². The van der Waals surface area contributed by atoms with E-state index in [4.69, 9.17) is 35.7 Å². The van der Waals surface area contributed by atoms with Crippen LogP contribution in [0.3, 0.4) is 0 Å². The molecule has 39 heavy (non-hydrogen) atoms. The zero-order valence-electron chi connectivity index (χ0n) is 22.6. The molecule has 1 unspecified atom stereocenters. The predicted octanol–water partition coefficient (Wildman–Crippen LogP) is 5.66. The van der Waals surface area contributed by atoms with Crippen LogP contribution in [0.25, 0.3) is 34.1 Å². The number of imidazole rings is 1. The number of ether oxygens (including phenoxy) is 1. The fourth-order valence-electron chi connectivity index (χ4n) is 5.19. The number of fused-ring (bicyclic) bond motifs is 1. The van der Waals surface area contributed by atoms with Gasteiger partial charge in [-0.05, 0) is 44.7 Å². The molecule has 0 spiro atoms. The van der Waals surface area contributed by atoms with Gasteiger partial charge in [0.05, 0.1) is 19.3 Å². The van der Waals surface area contributed by atoms with Gasteiger partial charge in [0.15, 0.2) is 5.65 Å². The van der Waals surface area contributed by atoms with Crippen molar-refractivity contribution >= 4 is 28.7 Å². The van der Waals surface area contributed by atoms with Gasteiger partial charge in [-0.25, -0.2) is 19.9 Å². The molecule has 0 aliphatic carbocycles. The van der Waals surface area contributed by atoms with Gasteiger partial charge in [0.1, 0.15) is 11.2 Å². The van der Waals surface area contributed by atoms with E-state index in [1.807, 2.05) is 30.3 Å². The van der Waals surface area contributed by atoms with Crippen LogP contribution in [0.1, 0.15) is 52.5 Å². The van der Waals surface area contributed by atoms with Crippen LogP contribution < -0.4 is 10.7 Å². The van der Waals surface area contributed by atoms with Gasteiger partial charge in [-0.2, -0.15) is 4.98 Å². The van der Waals surface area contributed by atoms with Crippen LogP contribution in [0, 0.1) is 5.92 Å². The number of rotatable bonds is 10. The normalized spacial score (nSPS) is 17.4. The van der Waals surface area contributed by atoms with Crippen LogP contribution in [0.2, 0.25) is 5.02 Å². The summed E-state index contributed by atoms with van der Waals surface area (Å²) in [6.07, 6.45) is 6.15. The first-order valence-corrected chi connectivity index (χ1v) is 13.8. The molecule has 0 bridgehead atoms. The van der Waals surface area contributed by atoms with Crippen molar-refractivity contribution in [2.45, 2.75) is 58.5 Å². The highest BCUT2D eigenvalue weighted by atomic mass is 35.5. The molecule has 1 N–H and O–H groups in total. The van der Waals surface area contributed by atoms with Gasteiger partial charge in [0.2, 0.25) is 11.8 Å². The van der Waals surface area contributed by atoms with E-state index < -0.39 is 5.76 Å². The number of anilines is 1. The summed E-state index contributed by atoms with van der Waals surface area (Å²) in [5, 5.41) is 6.84. The highest BCUT2D eigenvalue weighted by molar-refractivity contribution is 6.30. The van der Waals surface area contributed by atoms with Crippen molar-refractivity contribution in [3.8, 4) is 23.0 Å². The first-order valence-electron chi connectivity index (χ1n) is 13.4. The summed E-state index contributed by atoms with van der Waals surface area (Å²) >= 11 is 6.41. The second-order valence-electron chi connectivity index (χ2n) is 10.3. The molecule has 1 aliphatic rings. The second kappa shape index (κ2) is 11.7. The molecule has 4 aromatic rings. The zero-order chi connectivity index (χ0) is 27.5. The molecule has 1 aromatic carbocycles. The third kappa shape index (κ3) is 5.77. The molecule has 0 amide bonds. The summed E-state index contributed by atoms with van der Waals surface area (Å²) < 4.78 is 13.2. The number of allylic oxidation sites excluding steroid dienone is 1. The summed E-state index contributed by atoms with van der Waals surface area (Å²) in [6.45, 7) is 12.5. The number of aromatic amines is 1. The average Bonchev–Trinajstić information content (AvgIpc) is 3.52. The van der Waals surface area contributed by atoms with E-state index in [0.717, 1.165) is 42.7 Å². The summed E-state index contributed by atoms with van der Waals surface area (Å²) in [4.78, 5) is 28.6. The van der Waals surface area contributed by atoms with Crippen LogP contribution in [-0.2, 0) is 4.74 Å². The Kier molecular flexibility index (Phi) is 8.13. The molecule has 3 aromatic heterocycles. The highest BCUT2D eigenvalue weighted by Gasteiger charge is 2.30. The largest absolute Gasteiger partial charge is 0.434 e. The number of nitrogens with one attached hydrogen (secondary N) is 1. The van der Waals surface area contributed by atoms with E-state index in [2.05, 4.69) is 47.0 Å². The maximum Gasteiger partial charge on any atom is 0.434 e. The fourth-order valence-corrected chi connectivity index (χ4v) is 5.38. The van der Waals surface area contributed by atoms with E-state index in [1.165, 1.54) is 0 Å². The Morgan fingerprint density at radius 1 is 1.26 bits per heavy atom. The minimum Gasteiger partial charge on any atom is -0.384 e. The molecule has 11 heteroatoms. The van der Waals surface area contributed by atoms with E-state index >= 15 is 0 Å². The first-order chi connectivity index (χ1) is 18.9. The van der Waals surface area contributed by atoms with Crippen molar-refractivity contribution < 1.29 is 9.15 Å². The van der Waals surface area contributed by atoms with Gasteiger partial charge in [0, 0.05) is 23.2 Å². The van der Waals surface area contributed by atoms with Gasteiger partial charge >= 0.3 is 5.76 Å². The van der Waals surface area contributed by atoms with E-state index in [9.17, 15) is 4.79 Å². The monoisotopic (exact) mass is 551 g/mol. The van der Waals surface area contributed by atoms with E-state index in [1.54, 1.807) is 0 Å². The Bertz CT molecular complexity index is 1510. The smallest absolute Gasteiger partial charge is 0.384 e. The average molecular weight is 552 g/mol. The lowest BCUT2D eigenvalue weighted by molar-refractivity contribution is 0.0976. The number of hydrogen-bond donors (Lipinski definition) is 1. The number of hydrogen-bond acceptors (Lipinski definition) is 8. The Balaban J connectivity index is 1.69. The lowest BCUT2D eigenvalue weighted by Gasteiger charge is -2.35. The minimum absolute atomic E-state index is 0.00488. The highest BCUT2D eigenvalue weighted by Crippen LogP contribution is 2.37. The molecule has 4 heterocycles. The number of halogens is 1. The molecule has 206 valence electrons. The molecule has 3 atom stereocenters.